The third-order valence-electron chi connectivity index (χ3n) is 4.25. The number of hydrogen-bond donors (Lipinski definition) is 0. The number of hydrogen-bond acceptors (Lipinski definition) is 2. The van der Waals surface area contributed by atoms with Gasteiger partial charge in [0.2, 0.25) is 0 Å². The highest BCUT2D eigenvalue weighted by atomic mass is 19.4. The van der Waals surface area contributed by atoms with E-state index in [9.17, 15) is 92.6 Å². The summed E-state index contributed by atoms with van der Waals surface area (Å²) in [6, 6.07) is 0. The number of esters is 1. The molecule has 0 N–H and O–H groups in total. The zero-order valence-electron chi connectivity index (χ0n) is 17.1. The molecular weight excluding hydrogens is 592 g/mol. The van der Waals surface area contributed by atoms with Crippen LogP contribution in [0.3, 0.4) is 0 Å². The van der Waals surface area contributed by atoms with Crippen LogP contribution in [-0.4, -0.2) is 65.4 Å². The molecule has 0 bridgehead atoms. The van der Waals surface area contributed by atoms with E-state index in [1.165, 1.54) is 0 Å². The maximum Gasteiger partial charge on any atom is 0.473 e. The van der Waals surface area contributed by atoms with Gasteiger partial charge in [0.25, 0.3) is 0 Å². The lowest BCUT2D eigenvalue weighted by Gasteiger charge is -2.44. The van der Waals surface area contributed by atoms with Crippen LogP contribution in [0.5, 0.6) is 0 Å². The summed E-state index contributed by atoms with van der Waals surface area (Å²) in [7, 11) is 0. The summed E-state index contributed by atoms with van der Waals surface area (Å²) < 4.78 is 269. The molecule has 0 spiro atoms. The first-order chi connectivity index (χ1) is 15.6. The molecule has 0 radical (unpaired) electrons. The minimum atomic E-state index is -9.13. The fourth-order valence-corrected chi connectivity index (χ4v) is 1.91. The van der Waals surface area contributed by atoms with Crippen molar-refractivity contribution in [3.63, 3.8) is 0 Å². The summed E-state index contributed by atoms with van der Waals surface area (Å²) in [5.41, 5.74) is -1.39. The van der Waals surface area contributed by atoms with Crippen molar-refractivity contribution in [3.05, 3.63) is 12.2 Å². The van der Waals surface area contributed by atoms with E-state index in [0.29, 0.717) is 6.92 Å². The molecule has 0 aliphatic carbocycles. The number of rotatable bonds is 11. The molecule has 0 amide bonds. The molecule has 0 aliphatic heterocycles. The van der Waals surface area contributed by atoms with Gasteiger partial charge >= 0.3 is 65.4 Å². The van der Waals surface area contributed by atoms with Crippen molar-refractivity contribution in [2.75, 3.05) is 0 Å². The molecule has 0 fully saturated rings. The van der Waals surface area contributed by atoms with Crippen LogP contribution in [-0.2, 0) is 9.53 Å². The second-order valence-electron chi connectivity index (χ2n) is 7.17. The maximum atomic E-state index is 13.6. The number of carbonyl (C=O) groups excluding carboxylic acids is 1. The molecule has 0 heterocycles. The molecule has 2 nitrogen and oxygen atoms in total. The largest absolute Gasteiger partial charge is 0.473 e. The van der Waals surface area contributed by atoms with Gasteiger partial charge in [0, 0.05) is 12.5 Å². The van der Waals surface area contributed by atoms with Gasteiger partial charge in [-0.05, 0) is 6.92 Å². The van der Waals surface area contributed by atoms with E-state index in [2.05, 4.69) is 11.3 Å². The highest BCUT2D eigenvalue weighted by Gasteiger charge is 2.97. The van der Waals surface area contributed by atoms with Crippen molar-refractivity contribution in [3.8, 4) is 0 Å². The van der Waals surface area contributed by atoms with Crippen molar-refractivity contribution < 1.29 is 97.3 Å². The average molecular weight is 600 g/mol. The van der Waals surface area contributed by atoms with Gasteiger partial charge in [-0.15, -0.1) is 0 Å². The van der Waals surface area contributed by atoms with Crippen molar-refractivity contribution in [2.24, 2.45) is 0 Å². The predicted molar refractivity (Wildman–Crippen MR) is 76.1 cm³/mol. The Morgan fingerprint density at radius 1 is 0.486 bits per heavy atom. The average Bonchev–Trinajstić information content (AvgIpc) is 2.65. The second kappa shape index (κ2) is 8.67. The Balaban J connectivity index is 7.05. The molecule has 0 aliphatic rings. The maximum absolute atomic E-state index is 13.6. The third kappa shape index (κ3) is 4.44. The smallest absolute Gasteiger partial charge is 0.393 e. The zero-order chi connectivity index (χ0) is 30.9. The third-order valence-corrected chi connectivity index (χ3v) is 4.25. The number of ether oxygens (including phenoxy) is 1. The minimum Gasteiger partial charge on any atom is -0.393 e. The molecule has 0 saturated carbocycles. The lowest BCUT2D eigenvalue weighted by molar-refractivity contribution is -0.478. The second-order valence-corrected chi connectivity index (χ2v) is 7.17. The van der Waals surface area contributed by atoms with Gasteiger partial charge in [0.15, 0.2) is 0 Å². The fourth-order valence-electron chi connectivity index (χ4n) is 1.91. The quantitative estimate of drug-likeness (QED) is 0.140. The molecule has 22 heteroatoms. The standard InChI is InChI=1S/C15H8F20O2/c1-4(2)5(36)37-15(34,35)14(32,33)13(30,31)12(28,29)11(26,27)10(24,25)9(22,23)8(20,21)7(18,19)6(3,16)17/h1H2,2-3H3. The van der Waals surface area contributed by atoms with Crippen LogP contribution in [0.2, 0.25) is 0 Å². The van der Waals surface area contributed by atoms with Crippen molar-refractivity contribution in [1.29, 1.82) is 0 Å². The summed E-state index contributed by atoms with van der Waals surface area (Å²) in [6.07, 6.45) is -7.38. The summed E-state index contributed by atoms with van der Waals surface area (Å²) in [6.45, 7) is 1.33. The molecule has 37 heavy (non-hydrogen) atoms. The highest BCUT2D eigenvalue weighted by Crippen LogP contribution is 2.66. The summed E-state index contributed by atoms with van der Waals surface area (Å²) in [5.74, 6) is -79.0. The summed E-state index contributed by atoms with van der Waals surface area (Å²) in [4.78, 5) is 10.8. The highest BCUT2D eigenvalue weighted by molar-refractivity contribution is 5.87. The molecule has 0 aromatic carbocycles. The van der Waals surface area contributed by atoms with E-state index < -0.39 is 77.9 Å². The molecule has 0 rings (SSSR count). The number of alkyl halides is 20. The van der Waals surface area contributed by atoms with Gasteiger partial charge in [-0.25, -0.2) is 4.79 Å². The van der Waals surface area contributed by atoms with Crippen LogP contribution in [0.1, 0.15) is 13.8 Å². The van der Waals surface area contributed by atoms with Crippen molar-refractivity contribution >= 4 is 5.97 Å². The normalized spacial score (nSPS) is 16.1. The van der Waals surface area contributed by atoms with Crippen LogP contribution in [0.25, 0.3) is 0 Å². The van der Waals surface area contributed by atoms with Gasteiger partial charge in [0.1, 0.15) is 0 Å². The first-order valence-corrected chi connectivity index (χ1v) is 8.25. The fraction of sp³-hybridized carbons (Fsp3) is 0.800. The van der Waals surface area contributed by atoms with Crippen LogP contribution >= 0.6 is 0 Å². The zero-order valence-corrected chi connectivity index (χ0v) is 17.1. The molecule has 0 aromatic heterocycles. The summed E-state index contributed by atoms with van der Waals surface area (Å²) >= 11 is 0. The van der Waals surface area contributed by atoms with E-state index in [4.69, 9.17) is 0 Å². The van der Waals surface area contributed by atoms with Gasteiger partial charge in [0.05, 0.1) is 0 Å². The predicted octanol–water partition coefficient (Wildman–Crippen LogP) is 7.44. The molecule has 0 unspecified atom stereocenters. The van der Waals surface area contributed by atoms with E-state index >= 15 is 0 Å². The van der Waals surface area contributed by atoms with Crippen molar-refractivity contribution in [1.82, 2.24) is 0 Å². The Labute approximate surface area is 190 Å². The molecule has 0 saturated heterocycles. The first-order valence-electron chi connectivity index (χ1n) is 8.25. The molecule has 0 atom stereocenters. The van der Waals surface area contributed by atoms with E-state index in [-0.39, 0.29) is 0 Å². The number of halogens is 20. The van der Waals surface area contributed by atoms with Crippen LogP contribution in [0, 0.1) is 0 Å². The van der Waals surface area contributed by atoms with E-state index in [1.54, 1.807) is 0 Å². The Kier molecular flexibility index (Phi) is 8.15. The molecule has 220 valence electrons. The van der Waals surface area contributed by atoms with Crippen LogP contribution in [0.15, 0.2) is 12.2 Å². The van der Waals surface area contributed by atoms with Gasteiger partial charge in [-0.2, -0.15) is 87.8 Å². The Bertz CT molecular complexity index is 896. The van der Waals surface area contributed by atoms with Crippen molar-refractivity contribution in [2.45, 2.75) is 73.3 Å². The molecular formula is C15H8F20O2. The van der Waals surface area contributed by atoms with Gasteiger partial charge in [-0.3, -0.25) is 0 Å². The Morgan fingerprint density at radius 2 is 0.703 bits per heavy atom. The Morgan fingerprint density at radius 3 is 0.919 bits per heavy atom. The van der Waals surface area contributed by atoms with E-state index in [1.807, 2.05) is 0 Å². The van der Waals surface area contributed by atoms with Crippen LogP contribution in [0.4, 0.5) is 87.8 Å². The van der Waals surface area contributed by atoms with E-state index in [0.717, 1.165) is 0 Å². The first kappa shape index (κ1) is 34.8. The topological polar surface area (TPSA) is 26.3 Å². The van der Waals surface area contributed by atoms with Crippen LogP contribution < -0.4 is 0 Å². The minimum absolute atomic E-state index is 0.315. The SMILES string of the molecule is C=C(C)C(=O)OC(F)(F)C(F)(F)C(F)(F)C(F)(F)C(F)(F)C(F)(F)C(F)(F)C(F)(F)C(F)(F)C(C)(F)F. The monoisotopic (exact) mass is 600 g/mol. The Hall–Kier alpha value is -2.19. The molecule has 0 aromatic rings. The summed E-state index contributed by atoms with van der Waals surface area (Å²) in [5, 5.41) is 0. The van der Waals surface area contributed by atoms with Gasteiger partial charge in [-0.1, -0.05) is 6.58 Å². The lowest BCUT2D eigenvalue weighted by Crippen LogP contribution is -2.77. The lowest BCUT2D eigenvalue weighted by atomic mass is 9.86. The van der Waals surface area contributed by atoms with Gasteiger partial charge < -0.3 is 4.74 Å². The number of carbonyl (C=O) groups is 1.